The van der Waals surface area contributed by atoms with Gasteiger partial charge in [0.2, 0.25) is 10.0 Å². The smallest absolute Gasteiger partial charge is 0.335 e. The van der Waals surface area contributed by atoms with Crippen LogP contribution in [0.2, 0.25) is 0 Å². The molecule has 0 bridgehead atoms. The highest BCUT2D eigenvalue weighted by atomic mass is 32.2. The van der Waals surface area contributed by atoms with E-state index in [0.29, 0.717) is 11.3 Å². The van der Waals surface area contributed by atoms with Gasteiger partial charge in [-0.2, -0.15) is 0 Å². The third kappa shape index (κ3) is 4.88. The van der Waals surface area contributed by atoms with Crippen molar-refractivity contribution in [1.29, 1.82) is 0 Å². The first kappa shape index (κ1) is 15.5. The molecule has 0 radical (unpaired) electrons. The lowest BCUT2D eigenvalue weighted by Crippen LogP contribution is -2.24. The van der Waals surface area contributed by atoms with Crippen molar-refractivity contribution in [3.63, 3.8) is 0 Å². The molecule has 1 unspecified atom stereocenters. The summed E-state index contributed by atoms with van der Waals surface area (Å²) in [6.45, 7) is 1.76. The molecule has 1 atom stereocenters. The number of nitrogens with one attached hydrogen (secondary N) is 1. The normalized spacial score (nSPS) is 12.8. The van der Waals surface area contributed by atoms with E-state index in [9.17, 15) is 18.3 Å². The van der Waals surface area contributed by atoms with E-state index in [1.807, 2.05) is 0 Å². The predicted octanol–water partition coefficient (Wildman–Crippen LogP) is 0.443. The van der Waals surface area contributed by atoms with Gasteiger partial charge in [0.1, 0.15) is 0 Å². The van der Waals surface area contributed by atoms with Crippen molar-refractivity contribution in [1.82, 2.24) is 0 Å². The Balaban J connectivity index is 2.93. The van der Waals surface area contributed by atoms with Gasteiger partial charge in [-0.05, 0) is 24.1 Å². The topological polar surface area (TPSA) is 92.7 Å². The fourth-order valence-electron chi connectivity index (χ4n) is 1.55. The molecule has 1 rings (SSSR count). The summed E-state index contributed by atoms with van der Waals surface area (Å²) in [5, 5.41) is 9.55. The molecule has 0 saturated heterocycles. The van der Waals surface area contributed by atoms with Gasteiger partial charge in [0.25, 0.3) is 0 Å². The second-order valence-electron chi connectivity index (χ2n) is 4.27. The van der Waals surface area contributed by atoms with Crippen molar-refractivity contribution >= 4 is 21.7 Å². The number of rotatable bonds is 5. The number of sulfonamides is 1. The largest absolute Gasteiger partial charge is 0.467 e. The van der Waals surface area contributed by atoms with Gasteiger partial charge in [-0.25, -0.2) is 13.2 Å². The SMILES string of the molecule is COC(=O)C(O)Cc1ccc(C)c(NS(C)(=O)=O)c1. The fourth-order valence-corrected chi connectivity index (χ4v) is 2.17. The lowest BCUT2D eigenvalue weighted by molar-refractivity contribution is -0.150. The molecule has 0 aliphatic rings. The maximum Gasteiger partial charge on any atom is 0.335 e. The van der Waals surface area contributed by atoms with Crippen molar-refractivity contribution in [3.05, 3.63) is 29.3 Å². The molecular weight excluding hydrogens is 270 g/mol. The summed E-state index contributed by atoms with van der Waals surface area (Å²) in [5.74, 6) is -0.724. The van der Waals surface area contributed by atoms with E-state index in [1.54, 1.807) is 25.1 Å². The molecular formula is C12H17NO5S. The maximum absolute atomic E-state index is 11.2. The summed E-state index contributed by atoms with van der Waals surface area (Å²) < 4.78 is 29.2. The van der Waals surface area contributed by atoms with Crippen LogP contribution in [0.5, 0.6) is 0 Å². The zero-order valence-corrected chi connectivity index (χ0v) is 11.8. The molecule has 0 aliphatic heterocycles. The Hall–Kier alpha value is -1.60. The Morgan fingerprint density at radius 3 is 2.63 bits per heavy atom. The Bertz CT molecular complexity index is 567. The van der Waals surface area contributed by atoms with Gasteiger partial charge < -0.3 is 9.84 Å². The number of aryl methyl sites for hydroxylation is 1. The van der Waals surface area contributed by atoms with Gasteiger partial charge in [0.05, 0.1) is 19.1 Å². The summed E-state index contributed by atoms with van der Waals surface area (Å²) in [6, 6.07) is 5.02. The number of hydrogen-bond acceptors (Lipinski definition) is 5. The van der Waals surface area contributed by atoms with E-state index in [-0.39, 0.29) is 6.42 Å². The Morgan fingerprint density at radius 2 is 2.11 bits per heavy atom. The van der Waals surface area contributed by atoms with Gasteiger partial charge in [-0.1, -0.05) is 12.1 Å². The molecule has 6 nitrogen and oxygen atoms in total. The predicted molar refractivity (Wildman–Crippen MR) is 71.4 cm³/mol. The summed E-state index contributed by atoms with van der Waals surface area (Å²) in [6.07, 6.45) is -0.146. The van der Waals surface area contributed by atoms with Crippen LogP contribution in [0.1, 0.15) is 11.1 Å². The third-order valence-corrected chi connectivity index (χ3v) is 3.09. The molecule has 0 heterocycles. The minimum Gasteiger partial charge on any atom is -0.467 e. The minimum atomic E-state index is -3.37. The average Bonchev–Trinajstić information content (AvgIpc) is 2.30. The van der Waals surface area contributed by atoms with Crippen molar-refractivity contribution in [2.45, 2.75) is 19.4 Å². The van der Waals surface area contributed by atoms with E-state index in [2.05, 4.69) is 9.46 Å². The second-order valence-corrected chi connectivity index (χ2v) is 6.02. The maximum atomic E-state index is 11.2. The third-order valence-electron chi connectivity index (χ3n) is 2.50. The summed E-state index contributed by atoms with van der Waals surface area (Å²) in [5.41, 5.74) is 1.81. The Labute approximate surface area is 112 Å². The standard InChI is InChI=1S/C12H17NO5S/c1-8-4-5-9(7-11(14)12(15)18-2)6-10(8)13-19(3,16)17/h4-6,11,13-14H,7H2,1-3H3. The van der Waals surface area contributed by atoms with Crippen LogP contribution in [0, 0.1) is 6.92 Å². The first-order valence-corrected chi connectivity index (χ1v) is 7.45. The van der Waals surface area contributed by atoms with E-state index in [0.717, 1.165) is 11.8 Å². The fraction of sp³-hybridized carbons (Fsp3) is 0.417. The summed E-state index contributed by atoms with van der Waals surface area (Å²) in [4.78, 5) is 11.1. The van der Waals surface area contributed by atoms with Gasteiger partial charge in [-0.15, -0.1) is 0 Å². The van der Waals surface area contributed by atoms with Crippen LogP contribution < -0.4 is 4.72 Å². The zero-order valence-electron chi connectivity index (χ0n) is 11.0. The number of ether oxygens (including phenoxy) is 1. The molecule has 106 valence electrons. The van der Waals surface area contributed by atoms with Crippen LogP contribution >= 0.6 is 0 Å². The van der Waals surface area contributed by atoms with Crippen molar-refractivity contribution in [2.75, 3.05) is 18.1 Å². The van der Waals surface area contributed by atoms with Crippen molar-refractivity contribution in [3.8, 4) is 0 Å². The number of carbonyl (C=O) groups excluding carboxylic acids is 1. The quantitative estimate of drug-likeness (QED) is 0.767. The molecule has 19 heavy (non-hydrogen) atoms. The second kappa shape index (κ2) is 6.03. The van der Waals surface area contributed by atoms with Gasteiger partial charge >= 0.3 is 5.97 Å². The monoisotopic (exact) mass is 287 g/mol. The Morgan fingerprint density at radius 1 is 1.47 bits per heavy atom. The number of esters is 1. The van der Waals surface area contributed by atoms with Crippen LogP contribution in [0.4, 0.5) is 5.69 Å². The molecule has 0 aromatic heterocycles. The molecule has 0 aliphatic carbocycles. The van der Waals surface area contributed by atoms with Crippen LogP contribution in [0.3, 0.4) is 0 Å². The first-order valence-electron chi connectivity index (χ1n) is 5.56. The lowest BCUT2D eigenvalue weighted by Gasteiger charge is -2.12. The molecule has 1 aromatic rings. The average molecular weight is 287 g/mol. The highest BCUT2D eigenvalue weighted by Crippen LogP contribution is 2.19. The number of benzene rings is 1. The molecule has 0 fully saturated rings. The van der Waals surface area contributed by atoms with Gasteiger partial charge in [0.15, 0.2) is 6.10 Å². The van der Waals surface area contributed by atoms with E-state index in [4.69, 9.17) is 0 Å². The number of anilines is 1. The molecule has 2 N–H and O–H groups in total. The molecule has 0 saturated carbocycles. The number of aliphatic hydroxyl groups is 1. The van der Waals surface area contributed by atoms with Gasteiger partial charge in [-0.3, -0.25) is 4.72 Å². The van der Waals surface area contributed by atoms with E-state index >= 15 is 0 Å². The molecule has 7 heteroatoms. The van der Waals surface area contributed by atoms with Crippen molar-refractivity contribution in [2.24, 2.45) is 0 Å². The summed E-state index contributed by atoms with van der Waals surface area (Å²) >= 11 is 0. The zero-order chi connectivity index (χ0) is 14.6. The highest BCUT2D eigenvalue weighted by Gasteiger charge is 2.16. The number of methoxy groups -OCH3 is 1. The van der Waals surface area contributed by atoms with Crippen LogP contribution in [-0.4, -0.2) is 39.0 Å². The number of hydrogen-bond donors (Lipinski definition) is 2. The molecule has 0 spiro atoms. The summed E-state index contributed by atoms with van der Waals surface area (Å²) in [7, 11) is -2.18. The number of carbonyl (C=O) groups is 1. The highest BCUT2D eigenvalue weighted by molar-refractivity contribution is 7.92. The van der Waals surface area contributed by atoms with E-state index in [1.165, 1.54) is 7.11 Å². The number of aliphatic hydroxyl groups excluding tert-OH is 1. The van der Waals surface area contributed by atoms with Gasteiger partial charge in [0, 0.05) is 6.42 Å². The van der Waals surface area contributed by atoms with Crippen LogP contribution in [0.25, 0.3) is 0 Å². The van der Waals surface area contributed by atoms with Crippen LogP contribution in [-0.2, 0) is 26.0 Å². The molecule has 1 aromatic carbocycles. The van der Waals surface area contributed by atoms with E-state index < -0.39 is 22.1 Å². The van der Waals surface area contributed by atoms with Crippen LogP contribution in [0.15, 0.2) is 18.2 Å². The molecule has 0 amide bonds. The lowest BCUT2D eigenvalue weighted by atomic mass is 10.0. The van der Waals surface area contributed by atoms with Crippen molar-refractivity contribution < 1.29 is 23.1 Å². The Kier molecular flexibility index (Phi) is 4.90. The first-order chi connectivity index (χ1) is 8.73. The minimum absolute atomic E-state index is 0.0609.